The average molecular weight is 377 g/mol. The SMILES string of the molecule is COCCN1CCCN(S(=O)(=O)c2ccccc2Br)CC1. The summed E-state index contributed by atoms with van der Waals surface area (Å²) < 4.78 is 32.8. The van der Waals surface area contributed by atoms with Crippen LogP contribution in [0.15, 0.2) is 33.6 Å². The van der Waals surface area contributed by atoms with Gasteiger partial charge in [0.2, 0.25) is 10.0 Å². The highest BCUT2D eigenvalue weighted by atomic mass is 79.9. The molecule has 5 nitrogen and oxygen atoms in total. The fraction of sp³-hybridized carbons (Fsp3) is 0.571. The third-order valence-corrected chi connectivity index (χ3v) is 6.52. The number of rotatable bonds is 5. The molecule has 0 N–H and O–H groups in total. The van der Waals surface area contributed by atoms with Crippen molar-refractivity contribution >= 4 is 26.0 Å². The van der Waals surface area contributed by atoms with E-state index in [-0.39, 0.29) is 0 Å². The van der Waals surface area contributed by atoms with Gasteiger partial charge in [0.05, 0.1) is 11.5 Å². The summed E-state index contributed by atoms with van der Waals surface area (Å²) in [7, 11) is -1.75. The van der Waals surface area contributed by atoms with Gasteiger partial charge in [0.15, 0.2) is 0 Å². The number of hydrogen-bond acceptors (Lipinski definition) is 4. The summed E-state index contributed by atoms with van der Waals surface area (Å²) in [6, 6.07) is 6.97. The maximum absolute atomic E-state index is 12.7. The second kappa shape index (κ2) is 7.69. The van der Waals surface area contributed by atoms with Crippen molar-refractivity contribution in [2.24, 2.45) is 0 Å². The van der Waals surface area contributed by atoms with Crippen LogP contribution >= 0.6 is 15.9 Å². The number of ether oxygens (including phenoxy) is 1. The molecular weight excluding hydrogens is 356 g/mol. The molecule has 2 rings (SSSR count). The molecule has 1 aromatic carbocycles. The first-order valence-electron chi connectivity index (χ1n) is 7.01. The second-order valence-corrected chi connectivity index (χ2v) is 7.78. The van der Waals surface area contributed by atoms with Gasteiger partial charge in [0, 0.05) is 37.8 Å². The molecule has 1 aliphatic rings. The smallest absolute Gasteiger partial charge is 0.244 e. The zero-order valence-electron chi connectivity index (χ0n) is 12.2. The molecule has 118 valence electrons. The third-order valence-electron chi connectivity index (χ3n) is 3.61. The standard InChI is InChI=1S/C14H21BrN2O3S/c1-20-12-11-16-7-4-8-17(10-9-16)21(18,19)14-6-3-2-5-13(14)15/h2-3,5-6H,4,7-12H2,1H3. The van der Waals surface area contributed by atoms with Crippen molar-refractivity contribution in [2.45, 2.75) is 11.3 Å². The lowest BCUT2D eigenvalue weighted by molar-refractivity contribution is 0.151. The van der Waals surface area contributed by atoms with Crippen LogP contribution in [0.25, 0.3) is 0 Å². The van der Waals surface area contributed by atoms with Crippen LogP contribution in [0, 0.1) is 0 Å². The fourth-order valence-corrected chi connectivity index (χ4v) is 4.86. The molecular formula is C14H21BrN2O3S. The Morgan fingerprint density at radius 2 is 1.95 bits per heavy atom. The molecule has 0 bridgehead atoms. The molecule has 0 aliphatic carbocycles. The predicted octanol–water partition coefficient (Wildman–Crippen LogP) is 1.79. The van der Waals surface area contributed by atoms with Crippen molar-refractivity contribution in [3.63, 3.8) is 0 Å². The van der Waals surface area contributed by atoms with E-state index >= 15 is 0 Å². The van der Waals surface area contributed by atoms with E-state index in [1.54, 1.807) is 29.6 Å². The third kappa shape index (κ3) is 4.26. The first-order valence-corrected chi connectivity index (χ1v) is 9.25. The van der Waals surface area contributed by atoms with E-state index in [9.17, 15) is 8.42 Å². The Morgan fingerprint density at radius 1 is 1.19 bits per heavy atom. The van der Waals surface area contributed by atoms with Crippen LogP contribution in [0.4, 0.5) is 0 Å². The van der Waals surface area contributed by atoms with Crippen LogP contribution in [0.3, 0.4) is 0 Å². The molecule has 0 aromatic heterocycles. The van der Waals surface area contributed by atoms with Gasteiger partial charge >= 0.3 is 0 Å². The van der Waals surface area contributed by atoms with E-state index in [0.29, 0.717) is 29.1 Å². The number of methoxy groups -OCH3 is 1. The van der Waals surface area contributed by atoms with Gasteiger partial charge in [0.1, 0.15) is 0 Å². The van der Waals surface area contributed by atoms with Crippen LogP contribution in [0.5, 0.6) is 0 Å². The summed E-state index contributed by atoms with van der Waals surface area (Å²) in [6.45, 7) is 4.26. The van der Waals surface area contributed by atoms with Crippen molar-refractivity contribution in [1.29, 1.82) is 0 Å². The molecule has 0 radical (unpaired) electrons. The maximum atomic E-state index is 12.7. The van der Waals surface area contributed by atoms with E-state index in [0.717, 1.165) is 26.1 Å². The molecule has 0 atom stereocenters. The molecule has 0 amide bonds. The Kier molecular flexibility index (Phi) is 6.19. The number of benzene rings is 1. The van der Waals surface area contributed by atoms with E-state index in [4.69, 9.17) is 4.74 Å². The van der Waals surface area contributed by atoms with Crippen molar-refractivity contribution < 1.29 is 13.2 Å². The highest BCUT2D eigenvalue weighted by Crippen LogP contribution is 2.25. The molecule has 1 saturated heterocycles. The van der Waals surface area contributed by atoms with Gasteiger partial charge in [-0.05, 0) is 41.0 Å². The highest BCUT2D eigenvalue weighted by molar-refractivity contribution is 9.10. The molecule has 1 aromatic rings. The van der Waals surface area contributed by atoms with Crippen LogP contribution in [0.2, 0.25) is 0 Å². The van der Waals surface area contributed by atoms with E-state index in [1.165, 1.54) is 0 Å². The first kappa shape index (κ1) is 16.9. The van der Waals surface area contributed by atoms with Crippen molar-refractivity contribution in [3.05, 3.63) is 28.7 Å². The first-order chi connectivity index (χ1) is 10.1. The molecule has 0 saturated carbocycles. The molecule has 1 fully saturated rings. The van der Waals surface area contributed by atoms with Crippen LogP contribution in [0.1, 0.15) is 6.42 Å². The lowest BCUT2D eigenvalue weighted by Gasteiger charge is -2.22. The van der Waals surface area contributed by atoms with Crippen molar-refractivity contribution in [2.75, 3.05) is 46.4 Å². The Labute approximate surface area is 135 Å². The van der Waals surface area contributed by atoms with Crippen LogP contribution in [-0.4, -0.2) is 64.1 Å². The second-order valence-electron chi connectivity index (χ2n) is 5.02. The minimum absolute atomic E-state index is 0.343. The molecule has 21 heavy (non-hydrogen) atoms. The Balaban J connectivity index is 2.09. The van der Waals surface area contributed by atoms with Crippen molar-refractivity contribution in [1.82, 2.24) is 9.21 Å². The zero-order chi connectivity index (χ0) is 15.3. The normalized spacial score (nSPS) is 18.6. The summed E-state index contributed by atoms with van der Waals surface area (Å²) in [4.78, 5) is 2.59. The topological polar surface area (TPSA) is 49.9 Å². The fourth-order valence-electron chi connectivity index (χ4n) is 2.42. The predicted molar refractivity (Wildman–Crippen MR) is 85.8 cm³/mol. The number of sulfonamides is 1. The minimum Gasteiger partial charge on any atom is -0.383 e. The molecule has 0 spiro atoms. The van der Waals surface area contributed by atoms with Crippen LogP contribution in [-0.2, 0) is 14.8 Å². The largest absolute Gasteiger partial charge is 0.383 e. The Hall–Kier alpha value is -0.470. The van der Waals surface area contributed by atoms with Gasteiger partial charge in [-0.15, -0.1) is 0 Å². The van der Waals surface area contributed by atoms with E-state index in [2.05, 4.69) is 20.8 Å². The summed E-state index contributed by atoms with van der Waals surface area (Å²) in [5.41, 5.74) is 0. The van der Waals surface area contributed by atoms with Gasteiger partial charge in [-0.2, -0.15) is 4.31 Å². The van der Waals surface area contributed by atoms with Crippen LogP contribution < -0.4 is 0 Å². The molecule has 1 aliphatic heterocycles. The number of hydrogen-bond donors (Lipinski definition) is 0. The number of halogens is 1. The summed E-state index contributed by atoms with van der Waals surface area (Å²) in [5.74, 6) is 0. The van der Waals surface area contributed by atoms with Gasteiger partial charge < -0.3 is 4.74 Å². The molecule has 1 heterocycles. The average Bonchev–Trinajstić information content (AvgIpc) is 2.71. The summed E-state index contributed by atoms with van der Waals surface area (Å²) in [5, 5.41) is 0. The van der Waals surface area contributed by atoms with Crippen molar-refractivity contribution in [3.8, 4) is 0 Å². The Bertz CT molecular complexity index is 565. The van der Waals surface area contributed by atoms with E-state index < -0.39 is 10.0 Å². The van der Waals surface area contributed by atoms with Gasteiger partial charge in [-0.3, -0.25) is 4.90 Å². The summed E-state index contributed by atoms with van der Waals surface area (Å²) >= 11 is 3.33. The zero-order valence-corrected chi connectivity index (χ0v) is 14.6. The maximum Gasteiger partial charge on any atom is 0.244 e. The van der Waals surface area contributed by atoms with Gasteiger partial charge in [-0.25, -0.2) is 8.42 Å². The molecule has 7 heteroatoms. The Morgan fingerprint density at radius 3 is 2.67 bits per heavy atom. The number of nitrogens with zero attached hydrogens (tertiary/aromatic N) is 2. The van der Waals surface area contributed by atoms with Gasteiger partial charge in [-0.1, -0.05) is 12.1 Å². The summed E-state index contributed by atoms with van der Waals surface area (Å²) in [6.07, 6.45) is 0.841. The van der Waals surface area contributed by atoms with E-state index in [1.807, 2.05) is 6.07 Å². The quantitative estimate of drug-likeness (QED) is 0.785. The van der Waals surface area contributed by atoms with Gasteiger partial charge in [0.25, 0.3) is 0 Å². The highest BCUT2D eigenvalue weighted by Gasteiger charge is 2.28. The molecule has 0 unspecified atom stereocenters. The lowest BCUT2D eigenvalue weighted by atomic mass is 10.4. The monoisotopic (exact) mass is 376 g/mol. The lowest BCUT2D eigenvalue weighted by Crippen LogP contribution is -2.36. The minimum atomic E-state index is -3.43.